The van der Waals surface area contributed by atoms with Crippen molar-refractivity contribution in [3.63, 3.8) is 0 Å². The third-order valence-electron chi connectivity index (χ3n) is 4.63. The SMILES string of the molecule is COc1cc2nc(C(C)(C)C)[nH]c(=O)c2c(OC)c1CN1CCOCC1. The highest BCUT2D eigenvalue weighted by atomic mass is 16.5. The number of rotatable bonds is 4. The topological polar surface area (TPSA) is 76.7 Å². The van der Waals surface area contributed by atoms with Crippen LogP contribution in [0.5, 0.6) is 11.5 Å². The van der Waals surface area contributed by atoms with Crippen LogP contribution in [0.2, 0.25) is 0 Å². The van der Waals surface area contributed by atoms with Crippen molar-refractivity contribution < 1.29 is 14.2 Å². The smallest absolute Gasteiger partial charge is 0.262 e. The van der Waals surface area contributed by atoms with E-state index in [0.29, 0.717) is 48.0 Å². The maximum Gasteiger partial charge on any atom is 0.262 e. The van der Waals surface area contributed by atoms with Crippen molar-refractivity contribution in [2.45, 2.75) is 32.7 Å². The number of fused-ring (bicyclic) bond motifs is 1. The highest BCUT2D eigenvalue weighted by molar-refractivity contribution is 5.88. The minimum absolute atomic E-state index is 0.192. The molecule has 7 nitrogen and oxygen atoms in total. The van der Waals surface area contributed by atoms with Crippen LogP contribution < -0.4 is 15.0 Å². The first-order valence-corrected chi connectivity index (χ1v) is 8.83. The first kappa shape index (κ1) is 18.7. The lowest BCUT2D eigenvalue weighted by molar-refractivity contribution is 0.0336. The zero-order valence-corrected chi connectivity index (χ0v) is 16.1. The summed E-state index contributed by atoms with van der Waals surface area (Å²) in [6.45, 7) is 9.75. The molecule has 0 aliphatic carbocycles. The van der Waals surface area contributed by atoms with E-state index in [0.717, 1.165) is 18.7 Å². The molecule has 3 rings (SSSR count). The predicted molar refractivity (Wildman–Crippen MR) is 100 cm³/mol. The van der Waals surface area contributed by atoms with Crippen molar-refractivity contribution in [1.29, 1.82) is 0 Å². The van der Waals surface area contributed by atoms with Gasteiger partial charge in [0.1, 0.15) is 22.7 Å². The summed E-state index contributed by atoms with van der Waals surface area (Å²) in [4.78, 5) is 22.7. The van der Waals surface area contributed by atoms with Crippen molar-refractivity contribution in [3.05, 3.63) is 27.8 Å². The second kappa shape index (κ2) is 7.25. The van der Waals surface area contributed by atoms with Gasteiger partial charge in [-0.2, -0.15) is 0 Å². The minimum Gasteiger partial charge on any atom is -0.496 e. The van der Waals surface area contributed by atoms with Gasteiger partial charge in [0.05, 0.1) is 38.5 Å². The van der Waals surface area contributed by atoms with Crippen molar-refractivity contribution in [2.75, 3.05) is 40.5 Å². The molecule has 7 heteroatoms. The van der Waals surface area contributed by atoms with E-state index in [-0.39, 0.29) is 11.0 Å². The number of benzene rings is 1. The number of methoxy groups -OCH3 is 2. The Hall–Kier alpha value is -2.12. The number of nitrogens with one attached hydrogen (secondary N) is 1. The first-order chi connectivity index (χ1) is 12.3. The molecule has 1 fully saturated rings. The standard InChI is InChI=1S/C19H27N3O4/c1-19(2,3)18-20-13-10-14(24-4)12(11-22-6-8-26-9-7-22)16(25-5)15(13)17(23)21-18/h10H,6-9,11H2,1-5H3,(H,20,21,23). The maximum absolute atomic E-state index is 12.8. The Morgan fingerprint density at radius 3 is 2.50 bits per heavy atom. The van der Waals surface area contributed by atoms with E-state index in [9.17, 15) is 4.79 Å². The molecule has 0 spiro atoms. The molecule has 26 heavy (non-hydrogen) atoms. The van der Waals surface area contributed by atoms with E-state index >= 15 is 0 Å². The summed E-state index contributed by atoms with van der Waals surface area (Å²) >= 11 is 0. The predicted octanol–water partition coefficient (Wildman–Crippen LogP) is 2.07. The molecule has 0 atom stereocenters. The third-order valence-corrected chi connectivity index (χ3v) is 4.63. The molecule has 0 bridgehead atoms. The molecule has 142 valence electrons. The summed E-state index contributed by atoms with van der Waals surface area (Å²) in [5, 5.41) is 0.463. The van der Waals surface area contributed by atoms with E-state index in [2.05, 4.69) is 14.9 Å². The van der Waals surface area contributed by atoms with Crippen LogP contribution >= 0.6 is 0 Å². The zero-order valence-electron chi connectivity index (χ0n) is 16.1. The molecule has 0 radical (unpaired) electrons. The number of H-pyrrole nitrogens is 1. The van der Waals surface area contributed by atoms with Gasteiger partial charge in [-0.15, -0.1) is 0 Å². The summed E-state index contributed by atoms with van der Waals surface area (Å²) in [5.41, 5.74) is 0.987. The number of aromatic amines is 1. The van der Waals surface area contributed by atoms with E-state index in [1.54, 1.807) is 14.2 Å². The Kier molecular flexibility index (Phi) is 5.20. The molecular formula is C19H27N3O4. The molecule has 1 aromatic carbocycles. The van der Waals surface area contributed by atoms with Crippen LogP contribution in [-0.4, -0.2) is 55.4 Å². The number of hydrogen-bond donors (Lipinski definition) is 1. The van der Waals surface area contributed by atoms with Gasteiger partial charge < -0.3 is 19.2 Å². The van der Waals surface area contributed by atoms with Crippen molar-refractivity contribution in [3.8, 4) is 11.5 Å². The van der Waals surface area contributed by atoms with Crippen LogP contribution in [-0.2, 0) is 16.7 Å². The van der Waals surface area contributed by atoms with Gasteiger partial charge in [-0.05, 0) is 0 Å². The molecule has 1 aliphatic rings. The Morgan fingerprint density at radius 2 is 1.92 bits per heavy atom. The minimum atomic E-state index is -0.264. The highest BCUT2D eigenvalue weighted by Crippen LogP contribution is 2.36. The average Bonchev–Trinajstić information content (AvgIpc) is 2.61. The van der Waals surface area contributed by atoms with Gasteiger partial charge in [-0.25, -0.2) is 4.98 Å². The van der Waals surface area contributed by atoms with Crippen LogP contribution in [0.3, 0.4) is 0 Å². The lowest BCUT2D eigenvalue weighted by Gasteiger charge is -2.28. The first-order valence-electron chi connectivity index (χ1n) is 8.83. The molecule has 0 unspecified atom stereocenters. The van der Waals surface area contributed by atoms with Crippen LogP contribution in [0.25, 0.3) is 10.9 Å². The number of nitrogens with zero attached hydrogens (tertiary/aromatic N) is 2. The molecule has 1 N–H and O–H groups in total. The molecule has 1 saturated heterocycles. The van der Waals surface area contributed by atoms with E-state index in [1.807, 2.05) is 26.8 Å². The number of morpholine rings is 1. The van der Waals surface area contributed by atoms with Crippen molar-refractivity contribution >= 4 is 10.9 Å². The molecule has 1 aliphatic heterocycles. The molecule has 2 heterocycles. The fourth-order valence-corrected chi connectivity index (χ4v) is 3.18. The molecule has 0 saturated carbocycles. The Balaban J connectivity index is 2.18. The van der Waals surface area contributed by atoms with E-state index in [4.69, 9.17) is 14.2 Å². The average molecular weight is 361 g/mol. The normalized spacial score (nSPS) is 16.0. The second-order valence-corrected chi connectivity index (χ2v) is 7.54. The Bertz CT molecular complexity index is 848. The van der Waals surface area contributed by atoms with Crippen LogP contribution in [0, 0.1) is 0 Å². The lowest BCUT2D eigenvalue weighted by Crippen LogP contribution is -2.36. The third kappa shape index (κ3) is 3.54. The fourth-order valence-electron chi connectivity index (χ4n) is 3.18. The van der Waals surface area contributed by atoms with Crippen LogP contribution in [0.4, 0.5) is 0 Å². The quantitative estimate of drug-likeness (QED) is 0.898. The largest absolute Gasteiger partial charge is 0.496 e. The van der Waals surface area contributed by atoms with Gasteiger partial charge in [0.2, 0.25) is 0 Å². The van der Waals surface area contributed by atoms with Gasteiger partial charge in [0.25, 0.3) is 5.56 Å². The molecule has 1 aromatic heterocycles. The summed E-state index contributed by atoms with van der Waals surface area (Å²) in [6, 6.07) is 1.83. The van der Waals surface area contributed by atoms with E-state index in [1.165, 1.54) is 0 Å². The monoisotopic (exact) mass is 361 g/mol. The van der Waals surface area contributed by atoms with E-state index < -0.39 is 0 Å². The zero-order chi connectivity index (χ0) is 18.9. The van der Waals surface area contributed by atoms with Crippen LogP contribution in [0.15, 0.2) is 10.9 Å². The number of hydrogen-bond acceptors (Lipinski definition) is 6. The molecule has 0 amide bonds. The summed E-state index contributed by atoms with van der Waals surface area (Å²) in [7, 11) is 3.20. The molecular weight excluding hydrogens is 334 g/mol. The van der Waals surface area contributed by atoms with Gasteiger partial charge in [0, 0.05) is 31.1 Å². The summed E-state index contributed by atoms with van der Waals surface area (Å²) < 4.78 is 16.7. The highest BCUT2D eigenvalue weighted by Gasteiger charge is 2.24. The van der Waals surface area contributed by atoms with Crippen molar-refractivity contribution in [2.24, 2.45) is 0 Å². The Morgan fingerprint density at radius 1 is 1.23 bits per heavy atom. The van der Waals surface area contributed by atoms with Crippen molar-refractivity contribution in [1.82, 2.24) is 14.9 Å². The number of aromatic nitrogens is 2. The van der Waals surface area contributed by atoms with Gasteiger partial charge in [-0.1, -0.05) is 20.8 Å². The summed E-state index contributed by atoms with van der Waals surface area (Å²) in [5.74, 6) is 1.85. The second-order valence-electron chi connectivity index (χ2n) is 7.54. The summed E-state index contributed by atoms with van der Waals surface area (Å²) in [6.07, 6.45) is 0. The molecule has 2 aromatic rings. The fraction of sp³-hybridized carbons (Fsp3) is 0.579. The van der Waals surface area contributed by atoms with Gasteiger partial charge in [-0.3, -0.25) is 9.69 Å². The lowest BCUT2D eigenvalue weighted by atomic mass is 9.95. The van der Waals surface area contributed by atoms with Gasteiger partial charge >= 0.3 is 0 Å². The van der Waals surface area contributed by atoms with Crippen LogP contribution in [0.1, 0.15) is 32.2 Å². The van der Waals surface area contributed by atoms with Gasteiger partial charge in [0.15, 0.2) is 0 Å². The Labute approximate surface area is 153 Å². The number of ether oxygens (including phenoxy) is 3. The maximum atomic E-state index is 12.8.